The first-order valence-electron chi connectivity index (χ1n) is 11.6. The number of aryl methyl sites for hydroxylation is 1. The standard InChI is InChI=1S/C29H26N4O2S/c1-4-26(28(34)33-27-15-10-19(2)18-31-27)36-29-24(17-30)23(20-11-13-22(35-3)14-12-20)16-25(32-29)21-8-6-5-7-9-21/h5-16,18,26H,4H2,1-3H3,(H,31,33,34). The minimum Gasteiger partial charge on any atom is -0.497 e. The third-order valence-electron chi connectivity index (χ3n) is 5.65. The summed E-state index contributed by atoms with van der Waals surface area (Å²) in [6, 6.07) is 25.3. The topological polar surface area (TPSA) is 87.9 Å². The van der Waals surface area contributed by atoms with Crippen molar-refractivity contribution in [3.05, 3.63) is 90.1 Å². The van der Waals surface area contributed by atoms with Crippen LogP contribution in [-0.2, 0) is 4.79 Å². The molecular formula is C29H26N4O2S. The first kappa shape index (κ1) is 25.0. The van der Waals surface area contributed by atoms with Gasteiger partial charge in [-0.3, -0.25) is 4.79 Å². The fraction of sp³-hybridized carbons (Fsp3) is 0.172. The normalized spacial score (nSPS) is 11.4. The zero-order valence-electron chi connectivity index (χ0n) is 20.4. The molecule has 6 nitrogen and oxygen atoms in total. The molecule has 2 heterocycles. The number of nitrogens with zero attached hydrogens (tertiary/aromatic N) is 3. The summed E-state index contributed by atoms with van der Waals surface area (Å²) in [4.78, 5) is 22.2. The van der Waals surface area contributed by atoms with Gasteiger partial charge in [-0.2, -0.15) is 5.26 Å². The molecule has 2 aromatic carbocycles. The average molecular weight is 495 g/mol. The summed E-state index contributed by atoms with van der Waals surface area (Å²) in [5.74, 6) is 1.05. The molecule has 1 atom stereocenters. The van der Waals surface area contributed by atoms with Gasteiger partial charge < -0.3 is 10.1 Å². The highest BCUT2D eigenvalue weighted by Crippen LogP contribution is 2.37. The molecule has 2 aromatic heterocycles. The van der Waals surface area contributed by atoms with Crippen LogP contribution in [-0.4, -0.2) is 28.2 Å². The summed E-state index contributed by atoms with van der Waals surface area (Å²) in [6.07, 6.45) is 2.27. The highest BCUT2D eigenvalue weighted by molar-refractivity contribution is 8.00. The Kier molecular flexibility index (Phi) is 7.99. The van der Waals surface area contributed by atoms with Crippen molar-refractivity contribution in [1.82, 2.24) is 9.97 Å². The lowest BCUT2D eigenvalue weighted by molar-refractivity contribution is -0.115. The molecule has 0 aliphatic carbocycles. The lowest BCUT2D eigenvalue weighted by Crippen LogP contribution is -2.25. The van der Waals surface area contributed by atoms with Crippen molar-refractivity contribution in [2.24, 2.45) is 0 Å². The molecule has 1 amide bonds. The number of carbonyl (C=O) groups excluding carboxylic acids is 1. The second-order valence-corrected chi connectivity index (χ2v) is 9.36. The number of hydrogen-bond acceptors (Lipinski definition) is 6. The van der Waals surface area contributed by atoms with Crippen LogP contribution in [0, 0.1) is 18.3 Å². The highest BCUT2D eigenvalue weighted by Gasteiger charge is 2.24. The summed E-state index contributed by atoms with van der Waals surface area (Å²) in [7, 11) is 1.62. The molecule has 0 spiro atoms. The third-order valence-corrected chi connectivity index (χ3v) is 7.00. The molecule has 7 heteroatoms. The lowest BCUT2D eigenvalue weighted by atomic mass is 9.99. The Bertz CT molecular complexity index is 1380. The van der Waals surface area contributed by atoms with E-state index < -0.39 is 5.25 Å². The molecule has 4 aromatic rings. The summed E-state index contributed by atoms with van der Waals surface area (Å²) in [5, 5.41) is 13.1. The monoisotopic (exact) mass is 494 g/mol. The van der Waals surface area contributed by atoms with E-state index in [2.05, 4.69) is 16.4 Å². The fourth-order valence-electron chi connectivity index (χ4n) is 3.68. The van der Waals surface area contributed by atoms with E-state index in [9.17, 15) is 10.1 Å². The van der Waals surface area contributed by atoms with Gasteiger partial charge in [0.1, 0.15) is 22.7 Å². The van der Waals surface area contributed by atoms with Crippen LogP contribution in [0.4, 0.5) is 5.82 Å². The van der Waals surface area contributed by atoms with Crippen LogP contribution >= 0.6 is 11.8 Å². The van der Waals surface area contributed by atoms with Crippen LogP contribution in [0.15, 0.2) is 84.0 Å². The van der Waals surface area contributed by atoms with E-state index in [-0.39, 0.29) is 5.91 Å². The van der Waals surface area contributed by atoms with Crippen LogP contribution in [0.5, 0.6) is 5.75 Å². The van der Waals surface area contributed by atoms with E-state index in [1.807, 2.05) is 80.6 Å². The summed E-state index contributed by atoms with van der Waals surface area (Å²) >= 11 is 1.30. The Hall–Kier alpha value is -4.15. The van der Waals surface area contributed by atoms with E-state index in [4.69, 9.17) is 9.72 Å². The van der Waals surface area contributed by atoms with Gasteiger partial charge in [0.05, 0.1) is 23.6 Å². The van der Waals surface area contributed by atoms with Crippen LogP contribution in [0.25, 0.3) is 22.4 Å². The van der Waals surface area contributed by atoms with Gasteiger partial charge in [-0.15, -0.1) is 0 Å². The summed E-state index contributed by atoms with van der Waals surface area (Å²) in [6.45, 7) is 3.88. The van der Waals surface area contributed by atoms with Crippen molar-refractivity contribution in [3.63, 3.8) is 0 Å². The van der Waals surface area contributed by atoms with Crippen LogP contribution in [0.2, 0.25) is 0 Å². The highest BCUT2D eigenvalue weighted by atomic mass is 32.2. The predicted octanol–water partition coefficient (Wildman–Crippen LogP) is 6.51. The number of hydrogen-bond donors (Lipinski definition) is 1. The molecule has 0 aliphatic rings. The van der Waals surface area contributed by atoms with E-state index in [0.29, 0.717) is 22.8 Å². The number of nitrogens with one attached hydrogen (secondary N) is 1. The zero-order valence-corrected chi connectivity index (χ0v) is 21.2. The van der Waals surface area contributed by atoms with Crippen LogP contribution in [0.3, 0.4) is 0 Å². The lowest BCUT2D eigenvalue weighted by Gasteiger charge is -2.17. The molecule has 0 aliphatic heterocycles. The van der Waals surface area contributed by atoms with Gasteiger partial charge in [0, 0.05) is 17.3 Å². The van der Waals surface area contributed by atoms with E-state index in [1.165, 1.54) is 11.8 Å². The second-order valence-electron chi connectivity index (χ2n) is 8.17. The van der Waals surface area contributed by atoms with Crippen LogP contribution < -0.4 is 10.1 Å². The molecule has 180 valence electrons. The second kappa shape index (κ2) is 11.5. The number of anilines is 1. The quantitative estimate of drug-likeness (QED) is 0.281. The van der Waals surface area contributed by atoms with E-state index in [1.54, 1.807) is 19.4 Å². The molecule has 0 fully saturated rings. The average Bonchev–Trinajstić information content (AvgIpc) is 2.93. The van der Waals surface area contributed by atoms with Crippen molar-refractivity contribution in [3.8, 4) is 34.2 Å². The molecule has 1 N–H and O–H groups in total. The minimum atomic E-state index is -0.456. The first-order valence-corrected chi connectivity index (χ1v) is 12.5. The van der Waals surface area contributed by atoms with E-state index in [0.717, 1.165) is 33.7 Å². The third kappa shape index (κ3) is 5.73. The fourth-order valence-corrected chi connectivity index (χ4v) is 4.70. The summed E-state index contributed by atoms with van der Waals surface area (Å²) < 4.78 is 5.30. The van der Waals surface area contributed by atoms with E-state index >= 15 is 0 Å². The van der Waals surface area contributed by atoms with Gasteiger partial charge in [-0.1, -0.05) is 67.2 Å². The molecule has 1 unspecified atom stereocenters. The van der Waals surface area contributed by atoms with Gasteiger partial charge in [-0.05, 0) is 48.7 Å². The maximum absolute atomic E-state index is 13.1. The van der Waals surface area contributed by atoms with Gasteiger partial charge in [0.15, 0.2) is 0 Å². The number of thioether (sulfide) groups is 1. The Morgan fingerprint density at radius 2 is 1.83 bits per heavy atom. The van der Waals surface area contributed by atoms with Crippen molar-refractivity contribution in [2.45, 2.75) is 30.5 Å². The van der Waals surface area contributed by atoms with Gasteiger partial charge in [-0.25, -0.2) is 9.97 Å². The maximum atomic E-state index is 13.1. The van der Waals surface area contributed by atoms with Crippen molar-refractivity contribution >= 4 is 23.5 Å². The number of benzene rings is 2. The summed E-state index contributed by atoms with van der Waals surface area (Å²) in [5.41, 5.74) is 4.74. The molecule has 0 bridgehead atoms. The number of ether oxygens (including phenoxy) is 1. The smallest absolute Gasteiger partial charge is 0.239 e. The number of aromatic nitrogens is 2. The van der Waals surface area contributed by atoms with Crippen molar-refractivity contribution in [2.75, 3.05) is 12.4 Å². The molecule has 4 rings (SSSR count). The number of methoxy groups -OCH3 is 1. The van der Waals surface area contributed by atoms with Crippen molar-refractivity contribution in [1.29, 1.82) is 5.26 Å². The molecule has 0 radical (unpaired) electrons. The number of rotatable bonds is 8. The largest absolute Gasteiger partial charge is 0.497 e. The van der Waals surface area contributed by atoms with Gasteiger partial charge >= 0.3 is 0 Å². The number of pyridine rings is 2. The molecule has 36 heavy (non-hydrogen) atoms. The SMILES string of the molecule is CCC(Sc1nc(-c2ccccc2)cc(-c2ccc(OC)cc2)c1C#N)C(=O)Nc1ccc(C)cn1. The molecule has 0 saturated heterocycles. The number of carbonyl (C=O) groups is 1. The molecular weight excluding hydrogens is 468 g/mol. The Balaban J connectivity index is 1.75. The Morgan fingerprint density at radius 3 is 2.44 bits per heavy atom. The predicted molar refractivity (Wildman–Crippen MR) is 144 cm³/mol. The van der Waals surface area contributed by atoms with Crippen molar-refractivity contribution < 1.29 is 9.53 Å². The molecule has 0 saturated carbocycles. The van der Waals surface area contributed by atoms with Gasteiger partial charge in [0.25, 0.3) is 0 Å². The van der Waals surface area contributed by atoms with Crippen LogP contribution in [0.1, 0.15) is 24.5 Å². The van der Waals surface area contributed by atoms with Gasteiger partial charge in [0.2, 0.25) is 5.91 Å². The number of nitriles is 1. The maximum Gasteiger partial charge on any atom is 0.239 e. The minimum absolute atomic E-state index is 0.180. The first-order chi connectivity index (χ1) is 17.5. The zero-order chi connectivity index (χ0) is 25.5. The Labute approximate surface area is 215 Å². The Morgan fingerprint density at radius 1 is 1.08 bits per heavy atom. The number of amides is 1.